The van der Waals surface area contributed by atoms with Gasteiger partial charge >= 0.3 is 5.97 Å². The van der Waals surface area contributed by atoms with E-state index < -0.39 is 17.7 Å². The topological polar surface area (TPSA) is 112 Å². The van der Waals surface area contributed by atoms with Crippen LogP contribution in [-0.4, -0.2) is 41.8 Å². The Labute approximate surface area is 159 Å². The Hall–Kier alpha value is -3.94. The van der Waals surface area contributed by atoms with Crippen molar-refractivity contribution in [1.29, 1.82) is 0 Å². The number of fused-ring (bicyclic) bond motifs is 3. The first-order valence-corrected chi connectivity index (χ1v) is 8.46. The van der Waals surface area contributed by atoms with Crippen LogP contribution in [0.1, 0.15) is 20.7 Å². The van der Waals surface area contributed by atoms with E-state index in [2.05, 4.69) is 15.6 Å². The van der Waals surface area contributed by atoms with Crippen molar-refractivity contribution in [2.75, 3.05) is 29.6 Å². The van der Waals surface area contributed by atoms with Gasteiger partial charge in [0.25, 0.3) is 11.7 Å². The minimum Gasteiger partial charge on any atom is -0.478 e. The molecule has 0 bridgehead atoms. The third-order valence-electron chi connectivity index (χ3n) is 4.54. The highest BCUT2D eigenvalue weighted by Gasteiger charge is 2.32. The van der Waals surface area contributed by atoms with Crippen molar-refractivity contribution in [1.82, 2.24) is 4.98 Å². The van der Waals surface area contributed by atoms with Crippen LogP contribution in [0.3, 0.4) is 0 Å². The molecule has 2 heterocycles. The SMILES string of the molecule is CN(C)c1cccc(Nc2nc3c(c4ccc(C(=O)O)cc24)C(=O)C(=O)N3)c1. The Morgan fingerprint density at radius 1 is 1.11 bits per heavy atom. The fourth-order valence-electron chi connectivity index (χ4n) is 3.14. The fourth-order valence-corrected chi connectivity index (χ4v) is 3.14. The number of anilines is 4. The van der Waals surface area contributed by atoms with Gasteiger partial charge in [-0.1, -0.05) is 12.1 Å². The average molecular weight is 376 g/mol. The third-order valence-corrected chi connectivity index (χ3v) is 4.54. The number of nitrogens with one attached hydrogen (secondary N) is 2. The predicted octanol–water partition coefficient (Wildman–Crippen LogP) is 2.88. The molecule has 0 fully saturated rings. The average Bonchev–Trinajstić information content (AvgIpc) is 2.95. The second-order valence-electron chi connectivity index (χ2n) is 6.60. The first-order valence-electron chi connectivity index (χ1n) is 8.46. The van der Waals surface area contributed by atoms with E-state index in [0.717, 1.165) is 11.4 Å². The molecule has 2 aromatic carbocycles. The lowest BCUT2D eigenvalue weighted by atomic mass is 10.0. The van der Waals surface area contributed by atoms with Crippen LogP contribution in [0.2, 0.25) is 0 Å². The van der Waals surface area contributed by atoms with E-state index in [0.29, 0.717) is 16.6 Å². The van der Waals surface area contributed by atoms with Gasteiger partial charge < -0.3 is 20.6 Å². The zero-order chi connectivity index (χ0) is 20.0. The van der Waals surface area contributed by atoms with Gasteiger partial charge in [-0.05, 0) is 30.3 Å². The molecule has 4 rings (SSSR count). The second-order valence-corrected chi connectivity index (χ2v) is 6.60. The van der Waals surface area contributed by atoms with Crippen LogP contribution in [-0.2, 0) is 4.79 Å². The summed E-state index contributed by atoms with van der Waals surface area (Å²) in [6, 6.07) is 11.9. The quantitative estimate of drug-likeness (QED) is 0.600. The van der Waals surface area contributed by atoms with E-state index in [4.69, 9.17) is 0 Å². The lowest BCUT2D eigenvalue weighted by Gasteiger charge is -2.16. The van der Waals surface area contributed by atoms with E-state index in [-0.39, 0.29) is 16.9 Å². The summed E-state index contributed by atoms with van der Waals surface area (Å²) in [6.45, 7) is 0. The summed E-state index contributed by atoms with van der Waals surface area (Å²) in [7, 11) is 3.84. The van der Waals surface area contributed by atoms with Crippen molar-refractivity contribution in [3.63, 3.8) is 0 Å². The van der Waals surface area contributed by atoms with Crippen molar-refractivity contribution in [3.05, 3.63) is 53.6 Å². The van der Waals surface area contributed by atoms with Gasteiger partial charge in [-0.15, -0.1) is 0 Å². The summed E-state index contributed by atoms with van der Waals surface area (Å²) >= 11 is 0. The maximum absolute atomic E-state index is 12.2. The molecule has 0 radical (unpaired) electrons. The zero-order valence-electron chi connectivity index (χ0n) is 15.1. The molecule has 1 aliphatic heterocycles. The van der Waals surface area contributed by atoms with Crippen molar-refractivity contribution >= 4 is 51.4 Å². The normalized spacial score (nSPS) is 12.6. The van der Waals surface area contributed by atoms with Gasteiger partial charge in [0.05, 0.1) is 11.1 Å². The Kier molecular flexibility index (Phi) is 3.96. The maximum atomic E-state index is 12.2. The van der Waals surface area contributed by atoms with Gasteiger partial charge in [0.1, 0.15) is 11.6 Å². The maximum Gasteiger partial charge on any atom is 0.335 e. The summed E-state index contributed by atoms with van der Waals surface area (Å²) in [5.74, 6) is -2.02. The smallest absolute Gasteiger partial charge is 0.335 e. The molecule has 1 aliphatic rings. The number of aromatic nitrogens is 1. The molecule has 0 atom stereocenters. The monoisotopic (exact) mass is 376 g/mol. The van der Waals surface area contributed by atoms with Crippen molar-refractivity contribution in [2.24, 2.45) is 0 Å². The van der Waals surface area contributed by atoms with Crippen LogP contribution in [0.25, 0.3) is 10.8 Å². The van der Waals surface area contributed by atoms with E-state index >= 15 is 0 Å². The first-order chi connectivity index (χ1) is 13.3. The van der Waals surface area contributed by atoms with Crippen LogP contribution < -0.4 is 15.5 Å². The molecule has 28 heavy (non-hydrogen) atoms. The van der Waals surface area contributed by atoms with Crippen molar-refractivity contribution < 1.29 is 19.5 Å². The Morgan fingerprint density at radius 3 is 2.61 bits per heavy atom. The largest absolute Gasteiger partial charge is 0.478 e. The standard InChI is InChI=1S/C20H16N4O4/c1-24(2)12-5-3-4-11(9-12)21-17-14-8-10(20(27)28)6-7-13(14)15-16(25)19(26)23-18(15)22-17/h3-9H,1-2H3,(H,27,28)(H2,21,22,23,25,26). The number of carbonyl (C=O) groups is 3. The summed E-state index contributed by atoms with van der Waals surface area (Å²) in [6.07, 6.45) is 0. The zero-order valence-corrected chi connectivity index (χ0v) is 15.1. The number of hydrogen-bond acceptors (Lipinski definition) is 6. The second kappa shape index (κ2) is 6.34. The molecule has 0 spiro atoms. The van der Waals surface area contributed by atoms with E-state index in [1.807, 2.05) is 43.3 Å². The molecule has 8 heteroatoms. The number of carbonyl (C=O) groups excluding carboxylic acids is 2. The minimum atomic E-state index is -1.09. The van der Waals surface area contributed by atoms with Gasteiger partial charge in [0, 0.05) is 36.2 Å². The molecular weight excluding hydrogens is 360 g/mol. The van der Waals surface area contributed by atoms with E-state index in [1.54, 1.807) is 0 Å². The number of Topliss-reactive ketones (excluding diaryl/α,β-unsaturated/α-hetero) is 1. The van der Waals surface area contributed by atoms with E-state index in [9.17, 15) is 19.5 Å². The molecule has 3 N–H and O–H groups in total. The lowest BCUT2D eigenvalue weighted by molar-refractivity contribution is -0.112. The molecule has 1 amide bonds. The number of carboxylic acid groups (broad SMARTS) is 1. The van der Waals surface area contributed by atoms with Gasteiger partial charge in [-0.2, -0.15) is 0 Å². The third kappa shape index (κ3) is 2.81. The predicted molar refractivity (Wildman–Crippen MR) is 106 cm³/mol. The number of pyridine rings is 1. The van der Waals surface area contributed by atoms with E-state index in [1.165, 1.54) is 18.2 Å². The summed E-state index contributed by atoms with van der Waals surface area (Å²) in [5.41, 5.74) is 1.91. The van der Waals surface area contributed by atoms with Crippen molar-refractivity contribution in [2.45, 2.75) is 0 Å². The van der Waals surface area contributed by atoms with Gasteiger partial charge in [-0.3, -0.25) is 9.59 Å². The Balaban J connectivity index is 1.91. The highest BCUT2D eigenvalue weighted by molar-refractivity contribution is 6.53. The molecular formula is C20H16N4O4. The van der Waals surface area contributed by atoms with Crippen LogP contribution in [0.15, 0.2) is 42.5 Å². The summed E-state index contributed by atoms with van der Waals surface area (Å²) in [5, 5.41) is 15.9. The highest BCUT2D eigenvalue weighted by Crippen LogP contribution is 2.35. The number of nitrogens with zero attached hydrogens (tertiary/aromatic N) is 2. The highest BCUT2D eigenvalue weighted by atomic mass is 16.4. The summed E-state index contributed by atoms with van der Waals surface area (Å²) < 4.78 is 0. The number of hydrogen-bond donors (Lipinski definition) is 3. The van der Waals surface area contributed by atoms with Crippen LogP contribution in [0, 0.1) is 0 Å². The molecule has 0 aliphatic carbocycles. The first kappa shape index (κ1) is 17.5. The molecule has 0 saturated heterocycles. The molecule has 3 aromatic rings. The number of benzene rings is 2. The minimum absolute atomic E-state index is 0.0593. The van der Waals surface area contributed by atoms with Gasteiger partial charge in [-0.25, -0.2) is 9.78 Å². The van der Waals surface area contributed by atoms with Crippen LogP contribution in [0.4, 0.5) is 23.0 Å². The number of amides is 1. The number of aromatic carboxylic acids is 1. The molecule has 8 nitrogen and oxygen atoms in total. The molecule has 0 saturated carbocycles. The van der Waals surface area contributed by atoms with Crippen LogP contribution in [0.5, 0.6) is 0 Å². The van der Waals surface area contributed by atoms with Gasteiger partial charge in [0.15, 0.2) is 0 Å². The Morgan fingerprint density at radius 2 is 1.89 bits per heavy atom. The van der Waals surface area contributed by atoms with Crippen molar-refractivity contribution in [3.8, 4) is 0 Å². The number of carboxylic acids is 1. The molecule has 0 unspecified atom stereocenters. The Bertz CT molecular complexity index is 1170. The lowest BCUT2D eigenvalue weighted by Crippen LogP contribution is -2.12. The van der Waals surface area contributed by atoms with Gasteiger partial charge in [0.2, 0.25) is 0 Å². The molecule has 1 aromatic heterocycles. The summed E-state index contributed by atoms with van der Waals surface area (Å²) in [4.78, 5) is 41.8. The number of rotatable bonds is 4. The number of ketones is 1. The fraction of sp³-hybridized carbons (Fsp3) is 0.100. The van der Waals surface area contributed by atoms with Crippen LogP contribution >= 0.6 is 0 Å². The molecule has 140 valence electrons.